The van der Waals surface area contributed by atoms with Crippen molar-refractivity contribution in [1.82, 2.24) is 0 Å². The predicted octanol–water partition coefficient (Wildman–Crippen LogP) is 4.76. The molecule has 0 N–H and O–H groups in total. The van der Waals surface area contributed by atoms with E-state index in [1.165, 1.54) is 17.7 Å². The van der Waals surface area contributed by atoms with E-state index >= 15 is 0 Å². The van der Waals surface area contributed by atoms with E-state index < -0.39 is 0 Å². The highest BCUT2D eigenvalue weighted by molar-refractivity contribution is 9.09. The van der Waals surface area contributed by atoms with Crippen LogP contribution in [0.2, 0.25) is 4.34 Å². The van der Waals surface area contributed by atoms with Crippen molar-refractivity contribution in [3.8, 4) is 0 Å². The number of hydrogen-bond acceptors (Lipinski definition) is 1. The van der Waals surface area contributed by atoms with Gasteiger partial charge in [0.1, 0.15) is 0 Å². The van der Waals surface area contributed by atoms with Crippen LogP contribution >= 0.6 is 38.9 Å². The second-order valence-corrected chi connectivity index (χ2v) is 5.67. The smallest absolute Gasteiger partial charge is 0.0931 e. The van der Waals surface area contributed by atoms with Crippen LogP contribution in [0, 0.1) is 5.92 Å². The monoisotopic (exact) mass is 280 g/mol. The zero-order chi connectivity index (χ0) is 9.68. The van der Waals surface area contributed by atoms with Gasteiger partial charge < -0.3 is 0 Å². The van der Waals surface area contributed by atoms with E-state index in [1.807, 2.05) is 6.07 Å². The van der Waals surface area contributed by atoms with Crippen molar-refractivity contribution in [3.63, 3.8) is 0 Å². The minimum atomic E-state index is 0.764. The van der Waals surface area contributed by atoms with Crippen LogP contribution in [0.3, 0.4) is 0 Å². The lowest BCUT2D eigenvalue weighted by Gasteiger charge is -2.10. The van der Waals surface area contributed by atoms with Gasteiger partial charge in [0.2, 0.25) is 0 Å². The van der Waals surface area contributed by atoms with E-state index in [0.29, 0.717) is 0 Å². The van der Waals surface area contributed by atoms with Crippen molar-refractivity contribution in [2.24, 2.45) is 5.92 Å². The third kappa shape index (κ3) is 4.01. The van der Waals surface area contributed by atoms with Crippen molar-refractivity contribution < 1.29 is 0 Å². The summed E-state index contributed by atoms with van der Waals surface area (Å²) >= 11 is 11.1. The summed E-state index contributed by atoms with van der Waals surface area (Å²) in [5, 5.41) is 1.09. The van der Waals surface area contributed by atoms with Crippen molar-refractivity contribution in [2.75, 3.05) is 5.33 Å². The molecule has 3 heteroatoms. The molecule has 1 aromatic heterocycles. The van der Waals surface area contributed by atoms with Crippen molar-refractivity contribution >= 4 is 38.9 Å². The van der Waals surface area contributed by atoms with Crippen molar-refractivity contribution in [3.05, 3.63) is 21.3 Å². The highest BCUT2D eigenvalue weighted by Gasteiger charge is 2.08. The molecule has 0 fully saturated rings. The number of hydrogen-bond donors (Lipinski definition) is 0. The summed E-state index contributed by atoms with van der Waals surface area (Å²) in [6, 6.07) is 4.12. The van der Waals surface area contributed by atoms with Gasteiger partial charge in [-0.05, 0) is 30.9 Å². The van der Waals surface area contributed by atoms with Crippen LogP contribution in [-0.4, -0.2) is 5.33 Å². The van der Waals surface area contributed by atoms with Crippen molar-refractivity contribution in [1.29, 1.82) is 0 Å². The largest absolute Gasteiger partial charge is 0.128 e. The molecule has 0 aliphatic carbocycles. The molecule has 1 unspecified atom stereocenters. The van der Waals surface area contributed by atoms with Gasteiger partial charge >= 0.3 is 0 Å². The molecule has 0 aliphatic rings. The number of thiophene rings is 1. The van der Waals surface area contributed by atoms with Gasteiger partial charge in [0.05, 0.1) is 4.34 Å². The molecule has 74 valence electrons. The Hall–Kier alpha value is 0.470. The fraction of sp³-hybridized carbons (Fsp3) is 0.600. The Bertz CT molecular complexity index is 247. The molecule has 0 radical (unpaired) electrons. The first-order valence-corrected chi connectivity index (χ1v) is 6.88. The summed E-state index contributed by atoms with van der Waals surface area (Å²) in [5.74, 6) is 0.764. The molecule has 1 heterocycles. The SMILES string of the molecule is CCCC(CBr)Cc1ccc(Cl)s1. The fourth-order valence-electron chi connectivity index (χ4n) is 1.39. The molecule has 0 amide bonds. The van der Waals surface area contributed by atoms with E-state index in [1.54, 1.807) is 11.3 Å². The Morgan fingerprint density at radius 3 is 2.77 bits per heavy atom. The van der Waals surface area contributed by atoms with Crippen LogP contribution in [0.1, 0.15) is 24.6 Å². The summed E-state index contributed by atoms with van der Waals surface area (Å²) in [4.78, 5) is 1.41. The minimum absolute atomic E-state index is 0.764. The van der Waals surface area contributed by atoms with Gasteiger partial charge in [-0.3, -0.25) is 0 Å². The summed E-state index contributed by atoms with van der Waals surface area (Å²) in [6.45, 7) is 2.23. The number of alkyl halides is 1. The lowest BCUT2D eigenvalue weighted by atomic mass is 10.0. The van der Waals surface area contributed by atoms with Gasteiger partial charge in [0.15, 0.2) is 0 Å². The third-order valence-corrected chi connectivity index (χ3v) is 4.20. The molecule has 0 spiro atoms. The second-order valence-electron chi connectivity index (χ2n) is 3.22. The van der Waals surface area contributed by atoms with E-state index in [4.69, 9.17) is 11.6 Å². The fourth-order valence-corrected chi connectivity index (χ4v) is 3.14. The first-order chi connectivity index (χ1) is 6.26. The predicted molar refractivity (Wildman–Crippen MR) is 65.2 cm³/mol. The minimum Gasteiger partial charge on any atom is -0.128 e. The van der Waals surface area contributed by atoms with Gasteiger partial charge in [-0.1, -0.05) is 40.9 Å². The Kier molecular flexibility index (Phi) is 5.37. The zero-order valence-corrected chi connectivity index (χ0v) is 10.9. The molecular formula is C10H14BrClS. The Morgan fingerprint density at radius 1 is 1.54 bits per heavy atom. The summed E-state index contributed by atoms with van der Waals surface area (Å²) in [6.07, 6.45) is 3.71. The van der Waals surface area contributed by atoms with Gasteiger partial charge in [-0.15, -0.1) is 11.3 Å². The van der Waals surface area contributed by atoms with Crippen LogP contribution in [0.15, 0.2) is 12.1 Å². The summed E-state index contributed by atoms with van der Waals surface area (Å²) < 4.78 is 0.903. The quantitative estimate of drug-likeness (QED) is 0.683. The highest BCUT2D eigenvalue weighted by atomic mass is 79.9. The highest BCUT2D eigenvalue weighted by Crippen LogP contribution is 2.25. The van der Waals surface area contributed by atoms with Crippen LogP contribution in [0.25, 0.3) is 0 Å². The molecule has 1 rings (SSSR count). The zero-order valence-electron chi connectivity index (χ0n) is 7.72. The lowest BCUT2D eigenvalue weighted by Crippen LogP contribution is -2.04. The summed E-state index contributed by atoms with van der Waals surface area (Å²) in [5.41, 5.74) is 0. The first-order valence-electron chi connectivity index (χ1n) is 4.56. The lowest BCUT2D eigenvalue weighted by molar-refractivity contribution is 0.538. The Morgan fingerprint density at radius 2 is 2.31 bits per heavy atom. The molecule has 0 bridgehead atoms. The molecule has 1 atom stereocenters. The molecule has 13 heavy (non-hydrogen) atoms. The number of rotatable bonds is 5. The third-order valence-electron chi connectivity index (χ3n) is 2.03. The molecular weight excluding hydrogens is 268 g/mol. The molecule has 0 aromatic carbocycles. The molecule has 0 saturated carbocycles. The summed E-state index contributed by atoms with van der Waals surface area (Å²) in [7, 11) is 0. The maximum atomic E-state index is 5.87. The molecule has 1 aromatic rings. The van der Waals surface area contributed by atoms with Gasteiger partial charge in [0.25, 0.3) is 0 Å². The first kappa shape index (κ1) is 11.5. The van der Waals surface area contributed by atoms with E-state index in [-0.39, 0.29) is 0 Å². The van der Waals surface area contributed by atoms with Crippen molar-refractivity contribution in [2.45, 2.75) is 26.2 Å². The number of halogens is 2. The van der Waals surface area contributed by atoms with Gasteiger partial charge in [-0.25, -0.2) is 0 Å². The van der Waals surface area contributed by atoms with Gasteiger partial charge in [-0.2, -0.15) is 0 Å². The average molecular weight is 282 g/mol. The average Bonchev–Trinajstić information content (AvgIpc) is 2.50. The van der Waals surface area contributed by atoms with Crippen LogP contribution in [-0.2, 0) is 6.42 Å². The maximum Gasteiger partial charge on any atom is 0.0931 e. The van der Waals surface area contributed by atoms with Crippen LogP contribution in [0.5, 0.6) is 0 Å². The van der Waals surface area contributed by atoms with E-state index in [2.05, 4.69) is 28.9 Å². The topological polar surface area (TPSA) is 0 Å². The molecule has 0 aliphatic heterocycles. The van der Waals surface area contributed by atoms with E-state index in [9.17, 15) is 0 Å². The maximum absolute atomic E-state index is 5.87. The Labute approximate surface area is 97.4 Å². The van der Waals surface area contributed by atoms with Crippen LogP contribution in [0.4, 0.5) is 0 Å². The van der Waals surface area contributed by atoms with Crippen LogP contribution < -0.4 is 0 Å². The van der Waals surface area contributed by atoms with Gasteiger partial charge in [0, 0.05) is 10.2 Å². The standard InChI is InChI=1S/C10H14BrClS/c1-2-3-8(7-11)6-9-4-5-10(12)13-9/h4-5,8H,2-3,6-7H2,1H3. The normalized spacial score (nSPS) is 13.2. The Balaban J connectivity index is 2.46. The van der Waals surface area contributed by atoms with E-state index in [0.717, 1.165) is 22.0 Å². The molecule has 0 nitrogen and oxygen atoms in total. The second kappa shape index (κ2) is 6.05. The molecule has 0 saturated heterocycles.